The molecule has 0 radical (unpaired) electrons. The number of rotatable bonds is 4. The van der Waals surface area contributed by atoms with Crippen LogP contribution in [-0.2, 0) is 14.4 Å². The van der Waals surface area contributed by atoms with Crippen LogP contribution < -0.4 is 0 Å². The molecule has 0 aromatic heterocycles. The maximum atomic E-state index is 12.0. The van der Waals surface area contributed by atoms with Crippen LogP contribution in [0.3, 0.4) is 0 Å². The van der Waals surface area contributed by atoms with E-state index in [9.17, 15) is 13.6 Å². The van der Waals surface area contributed by atoms with Gasteiger partial charge in [-0.05, 0) is 6.42 Å². The summed E-state index contributed by atoms with van der Waals surface area (Å²) < 4.78 is 28.6. The predicted octanol–water partition coefficient (Wildman–Crippen LogP) is 2.77. The van der Waals surface area contributed by atoms with Gasteiger partial charge in [0.1, 0.15) is 0 Å². The SMILES string of the molecule is CCC1(C(=O)OCC(F)F)CC(C(C)(C)C)=NO1. The Morgan fingerprint density at radius 3 is 2.56 bits per heavy atom. The van der Waals surface area contributed by atoms with Crippen molar-refractivity contribution >= 4 is 11.7 Å². The van der Waals surface area contributed by atoms with Crippen LogP contribution in [0.2, 0.25) is 0 Å². The zero-order chi connectivity index (χ0) is 14.0. The number of hydrogen-bond donors (Lipinski definition) is 0. The standard InChI is InChI=1S/C12H19F2NO3/c1-5-12(10(16)17-7-9(13)14)6-8(15-18-12)11(2,3)4/h9H,5-7H2,1-4H3. The second kappa shape index (κ2) is 5.20. The van der Waals surface area contributed by atoms with E-state index in [0.29, 0.717) is 6.42 Å². The van der Waals surface area contributed by atoms with E-state index in [1.54, 1.807) is 6.92 Å². The summed E-state index contributed by atoms with van der Waals surface area (Å²) in [6, 6.07) is 0. The van der Waals surface area contributed by atoms with Crippen molar-refractivity contribution in [3.63, 3.8) is 0 Å². The highest BCUT2D eigenvalue weighted by atomic mass is 19.3. The second-order valence-corrected chi connectivity index (χ2v) is 5.39. The number of nitrogens with zero attached hydrogens (tertiary/aromatic N) is 1. The summed E-state index contributed by atoms with van der Waals surface area (Å²) in [6.07, 6.45) is -2.06. The Bertz CT molecular complexity index is 350. The maximum Gasteiger partial charge on any atom is 0.353 e. The molecule has 0 N–H and O–H groups in total. The second-order valence-electron chi connectivity index (χ2n) is 5.39. The molecule has 0 aromatic carbocycles. The number of ether oxygens (including phenoxy) is 1. The van der Waals surface area contributed by atoms with Crippen LogP contribution in [0.15, 0.2) is 5.16 Å². The number of carbonyl (C=O) groups excluding carboxylic acids is 1. The van der Waals surface area contributed by atoms with Crippen molar-refractivity contribution in [1.29, 1.82) is 0 Å². The minimum Gasteiger partial charge on any atom is -0.457 e. The number of halogens is 2. The van der Waals surface area contributed by atoms with E-state index in [2.05, 4.69) is 9.89 Å². The van der Waals surface area contributed by atoms with Crippen molar-refractivity contribution in [2.45, 2.75) is 52.6 Å². The highest BCUT2D eigenvalue weighted by Crippen LogP contribution is 2.35. The summed E-state index contributed by atoms with van der Waals surface area (Å²) in [5.74, 6) is -0.770. The third-order valence-corrected chi connectivity index (χ3v) is 2.93. The van der Waals surface area contributed by atoms with Gasteiger partial charge in [0.15, 0.2) is 6.61 Å². The Balaban J connectivity index is 2.71. The average molecular weight is 263 g/mol. The molecule has 0 saturated heterocycles. The van der Waals surface area contributed by atoms with Gasteiger partial charge in [-0.25, -0.2) is 13.6 Å². The van der Waals surface area contributed by atoms with Gasteiger partial charge in [-0.15, -0.1) is 0 Å². The van der Waals surface area contributed by atoms with Crippen LogP contribution >= 0.6 is 0 Å². The molecule has 0 aliphatic carbocycles. The third-order valence-electron chi connectivity index (χ3n) is 2.93. The van der Waals surface area contributed by atoms with E-state index in [0.717, 1.165) is 5.71 Å². The molecular formula is C12H19F2NO3. The van der Waals surface area contributed by atoms with Gasteiger partial charge in [0.25, 0.3) is 6.43 Å². The molecule has 1 rings (SSSR count). The molecule has 1 unspecified atom stereocenters. The van der Waals surface area contributed by atoms with Crippen LogP contribution in [0.4, 0.5) is 8.78 Å². The molecule has 1 atom stereocenters. The molecule has 0 amide bonds. The van der Waals surface area contributed by atoms with E-state index in [4.69, 9.17) is 4.84 Å². The third kappa shape index (κ3) is 3.17. The Hall–Kier alpha value is -1.20. The van der Waals surface area contributed by atoms with Gasteiger partial charge in [0, 0.05) is 11.8 Å². The van der Waals surface area contributed by atoms with Crippen molar-refractivity contribution in [3.05, 3.63) is 0 Å². The number of hydrogen-bond acceptors (Lipinski definition) is 4. The maximum absolute atomic E-state index is 12.0. The molecule has 4 nitrogen and oxygen atoms in total. The molecule has 18 heavy (non-hydrogen) atoms. The molecule has 0 aromatic rings. The number of oxime groups is 1. The molecule has 0 saturated carbocycles. The Morgan fingerprint density at radius 2 is 2.17 bits per heavy atom. The number of carbonyl (C=O) groups is 1. The molecular weight excluding hydrogens is 244 g/mol. The zero-order valence-corrected chi connectivity index (χ0v) is 11.1. The summed E-state index contributed by atoms with van der Waals surface area (Å²) in [7, 11) is 0. The first-order chi connectivity index (χ1) is 8.21. The first-order valence-corrected chi connectivity index (χ1v) is 5.92. The van der Waals surface area contributed by atoms with E-state index in [1.807, 2.05) is 20.8 Å². The highest BCUT2D eigenvalue weighted by molar-refractivity contribution is 5.96. The normalized spacial score (nSPS) is 23.8. The van der Waals surface area contributed by atoms with E-state index in [-0.39, 0.29) is 11.8 Å². The summed E-state index contributed by atoms with van der Waals surface area (Å²) in [4.78, 5) is 17.0. The van der Waals surface area contributed by atoms with Crippen LogP contribution in [0, 0.1) is 5.41 Å². The monoisotopic (exact) mass is 263 g/mol. The van der Waals surface area contributed by atoms with Crippen molar-refractivity contribution in [2.75, 3.05) is 6.61 Å². The largest absolute Gasteiger partial charge is 0.457 e. The fraction of sp³-hybridized carbons (Fsp3) is 0.833. The van der Waals surface area contributed by atoms with Crippen LogP contribution in [0.5, 0.6) is 0 Å². The van der Waals surface area contributed by atoms with Gasteiger partial charge < -0.3 is 9.57 Å². The molecule has 0 bridgehead atoms. The number of alkyl halides is 2. The fourth-order valence-electron chi connectivity index (χ4n) is 1.59. The van der Waals surface area contributed by atoms with E-state index in [1.165, 1.54) is 0 Å². The van der Waals surface area contributed by atoms with Gasteiger partial charge in [-0.3, -0.25) is 0 Å². The van der Waals surface area contributed by atoms with Crippen LogP contribution in [-0.4, -0.2) is 30.3 Å². The lowest BCUT2D eigenvalue weighted by Crippen LogP contribution is -2.41. The van der Waals surface area contributed by atoms with Crippen molar-refractivity contribution in [3.8, 4) is 0 Å². The highest BCUT2D eigenvalue weighted by Gasteiger charge is 2.48. The van der Waals surface area contributed by atoms with Gasteiger partial charge >= 0.3 is 5.97 Å². The Morgan fingerprint density at radius 1 is 1.56 bits per heavy atom. The molecule has 0 fully saturated rings. The van der Waals surface area contributed by atoms with Gasteiger partial charge in [-0.1, -0.05) is 32.9 Å². The summed E-state index contributed by atoms with van der Waals surface area (Å²) in [5.41, 5.74) is -0.726. The van der Waals surface area contributed by atoms with Crippen molar-refractivity contribution < 1.29 is 23.1 Å². The quantitative estimate of drug-likeness (QED) is 0.733. The smallest absolute Gasteiger partial charge is 0.353 e. The summed E-state index contributed by atoms with van der Waals surface area (Å²) in [5, 5.41) is 3.91. The minimum absolute atomic E-state index is 0.222. The first-order valence-electron chi connectivity index (χ1n) is 5.92. The van der Waals surface area contributed by atoms with Gasteiger partial charge in [0.05, 0.1) is 5.71 Å². The molecule has 0 spiro atoms. The lowest BCUT2D eigenvalue weighted by atomic mass is 9.82. The minimum atomic E-state index is -2.67. The van der Waals surface area contributed by atoms with Gasteiger partial charge in [-0.2, -0.15) is 0 Å². The number of esters is 1. The molecule has 104 valence electrons. The predicted molar refractivity (Wildman–Crippen MR) is 62.6 cm³/mol. The first kappa shape index (κ1) is 14.9. The molecule has 1 aliphatic rings. The van der Waals surface area contributed by atoms with E-state index >= 15 is 0 Å². The average Bonchev–Trinajstić information content (AvgIpc) is 2.71. The van der Waals surface area contributed by atoms with Crippen LogP contribution in [0.1, 0.15) is 40.5 Å². The molecule has 1 aliphatic heterocycles. The lowest BCUT2D eigenvalue weighted by molar-refractivity contribution is -0.173. The summed E-state index contributed by atoms with van der Waals surface area (Å²) in [6.45, 7) is 6.68. The molecule has 1 heterocycles. The van der Waals surface area contributed by atoms with Crippen molar-refractivity contribution in [1.82, 2.24) is 0 Å². The topological polar surface area (TPSA) is 47.9 Å². The van der Waals surface area contributed by atoms with Crippen molar-refractivity contribution in [2.24, 2.45) is 10.6 Å². The van der Waals surface area contributed by atoms with E-state index < -0.39 is 24.6 Å². The van der Waals surface area contributed by atoms with Gasteiger partial charge in [0.2, 0.25) is 5.60 Å². The Labute approximate surface area is 105 Å². The zero-order valence-electron chi connectivity index (χ0n) is 11.1. The van der Waals surface area contributed by atoms with Crippen LogP contribution in [0.25, 0.3) is 0 Å². The molecule has 6 heteroatoms. The summed E-state index contributed by atoms with van der Waals surface area (Å²) >= 11 is 0. The Kier molecular flexibility index (Phi) is 4.29. The lowest BCUT2D eigenvalue weighted by Gasteiger charge is -2.24. The fourth-order valence-corrected chi connectivity index (χ4v) is 1.59.